The van der Waals surface area contributed by atoms with Gasteiger partial charge in [0, 0.05) is 37.1 Å². The Morgan fingerprint density at radius 1 is 1.12 bits per heavy atom. The number of hydrogen-bond donors (Lipinski definition) is 3. The van der Waals surface area contributed by atoms with Gasteiger partial charge in [-0.3, -0.25) is 9.88 Å². The first-order valence-corrected chi connectivity index (χ1v) is 14.7. The van der Waals surface area contributed by atoms with Crippen LogP contribution in [0.25, 0.3) is 10.9 Å². The van der Waals surface area contributed by atoms with Crippen molar-refractivity contribution in [2.24, 2.45) is 5.92 Å². The predicted octanol–water partition coefficient (Wildman–Crippen LogP) is 2.46. The van der Waals surface area contributed by atoms with E-state index in [0.29, 0.717) is 35.1 Å². The third-order valence-corrected chi connectivity index (χ3v) is 9.60. The predicted molar refractivity (Wildman–Crippen MR) is 145 cm³/mol. The van der Waals surface area contributed by atoms with E-state index in [2.05, 4.69) is 4.98 Å². The molecule has 11 heteroatoms. The first-order valence-electron chi connectivity index (χ1n) is 13.1. The minimum absolute atomic E-state index is 0.0329. The molecule has 1 aliphatic carbocycles. The fourth-order valence-electron chi connectivity index (χ4n) is 5.97. The highest BCUT2D eigenvalue weighted by Crippen LogP contribution is 2.44. The van der Waals surface area contributed by atoms with Gasteiger partial charge in [-0.05, 0) is 36.2 Å². The van der Waals surface area contributed by atoms with E-state index in [1.807, 2.05) is 11.0 Å². The molecule has 3 heterocycles. The maximum atomic E-state index is 14.0. The molecule has 0 bridgehead atoms. The quantitative estimate of drug-likeness (QED) is 0.297. The Labute approximate surface area is 231 Å². The Morgan fingerprint density at radius 2 is 1.88 bits per heavy atom. The monoisotopic (exact) mass is 567 g/mol. The van der Waals surface area contributed by atoms with Crippen LogP contribution in [0.2, 0.25) is 0 Å². The lowest BCUT2D eigenvalue weighted by atomic mass is 9.93. The van der Waals surface area contributed by atoms with Gasteiger partial charge in [-0.25, -0.2) is 16.8 Å². The van der Waals surface area contributed by atoms with Crippen LogP contribution in [0.4, 0.5) is 4.39 Å². The first-order chi connectivity index (χ1) is 19.1. The van der Waals surface area contributed by atoms with Crippen LogP contribution in [0.15, 0.2) is 79.1 Å². The van der Waals surface area contributed by atoms with Crippen LogP contribution in [0.1, 0.15) is 23.8 Å². The number of likely N-dealkylation sites (tertiary alicyclic amines) is 1. The number of aliphatic hydroxyl groups is 3. The molecule has 0 amide bonds. The second-order valence-corrected chi connectivity index (χ2v) is 12.5. The number of pyridine rings is 1. The molecule has 9 nitrogen and oxygen atoms in total. The molecule has 2 aromatic heterocycles. The van der Waals surface area contributed by atoms with E-state index in [1.165, 1.54) is 28.5 Å². The van der Waals surface area contributed by atoms with Gasteiger partial charge in [0.25, 0.3) is 0 Å². The fraction of sp³-hybridized carbons (Fsp3) is 0.345. The van der Waals surface area contributed by atoms with Gasteiger partial charge in [-0.2, -0.15) is 0 Å². The Morgan fingerprint density at radius 3 is 2.62 bits per heavy atom. The summed E-state index contributed by atoms with van der Waals surface area (Å²) in [6, 6.07) is 18.2. The van der Waals surface area contributed by atoms with Crippen LogP contribution < -0.4 is 4.74 Å². The minimum Gasteiger partial charge on any atom is -0.485 e. The number of halogens is 1. The summed E-state index contributed by atoms with van der Waals surface area (Å²) in [5, 5.41) is 33.7. The van der Waals surface area contributed by atoms with Gasteiger partial charge in [-0.1, -0.05) is 42.5 Å². The van der Waals surface area contributed by atoms with Gasteiger partial charge in [0.2, 0.25) is 10.0 Å². The number of para-hydroxylation sites is 1. The van der Waals surface area contributed by atoms with Gasteiger partial charge < -0.3 is 20.1 Å². The highest BCUT2D eigenvalue weighted by atomic mass is 32.2. The van der Waals surface area contributed by atoms with Crippen LogP contribution in [0.5, 0.6) is 5.75 Å². The molecule has 2 aromatic carbocycles. The van der Waals surface area contributed by atoms with Crippen molar-refractivity contribution in [2.75, 3.05) is 19.6 Å². The zero-order valence-electron chi connectivity index (χ0n) is 21.5. The number of rotatable bonds is 8. The molecule has 210 valence electrons. The molecule has 3 N–H and O–H groups in total. The van der Waals surface area contributed by atoms with Crippen LogP contribution in [-0.4, -0.2) is 75.0 Å². The van der Waals surface area contributed by atoms with Crippen molar-refractivity contribution in [2.45, 2.75) is 36.1 Å². The fourth-order valence-corrected chi connectivity index (χ4v) is 7.42. The Balaban J connectivity index is 1.12. The van der Waals surface area contributed by atoms with Crippen molar-refractivity contribution in [1.82, 2.24) is 13.9 Å². The Bertz CT molecular complexity index is 1630. The van der Waals surface area contributed by atoms with Crippen molar-refractivity contribution in [3.63, 3.8) is 0 Å². The van der Waals surface area contributed by atoms with Gasteiger partial charge >= 0.3 is 0 Å². The summed E-state index contributed by atoms with van der Waals surface area (Å²) in [6.07, 6.45) is 0.305. The van der Waals surface area contributed by atoms with Gasteiger partial charge in [0.05, 0.1) is 23.2 Å². The van der Waals surface area contributed by atoms with E-state index in [0.717, 1.165) is 0 Å². The van der Waals surface area contributed by atoms with E-state index in [4.69, 9.17) is 4.74 Å². The largest absolute Gasteiger partial charge is 0.485 e. The summed E-state index contributed by atoms with van der Waals surface area (Å²) in [7, 11) is -3.67. The number of nitrogens with zero attached hydrogens (tertiary/aromatic N) is 3. The molecule has 1 saturated carbocycles. The normalized spacial score (nSPS) is 25.8. The van der Waals surface area contributed by atoms with E-state index in [9.17, 15) is 28.1 Å². The highest BCUT2D eigenvalue weighted by molar-refractivity contribution is 7.89. The second-order valence-electron chi connectivity index (χ2n) is 10.7. The van der Waals surface area contributed by atoms with Crippen LogP contribution in [-0.2, 0) is 15.8 Å². The van der Waals surface area contributed by atoms with Crippen LogP contribution in [0, 0.1) is 11.7 Å². The van der Waals surface area contributed by atoms with Gasteiger partial charge in [-0.15, -0.1) is 0 Å². The van der Waals surface area contributed by atoms with Crippen molar-refractivity contribution in [3.8, 4) is 5.75 Å². The Kier molecular flexibility index (Phi) is 6.87. The third-order valence-electron chi connectivity index (χ3n) is 7.98. The number of ether oxygens (including phenoxy) is 1. The third kappa shape index (κ3) is 4.88. The van der Waals surface area contributed by atoms with E-state index in [-0.39, 0.29) is 30.5 Å². The molecule has 2 aliphatic rings. The number of aromatic nitrogens is 2. The van der Waals surface area contributed by atoms with Crippen molar-refractivity contribution in [1.29, 1.82) is 0 Å². The maximum Gasteiger partial charge on any atom is 0.243 e. The number of benzene rings is 2. The van der Waals surface area contributed by atoms with E-state index >= 15 is 0 Å². The molecule has 6 rings (SSSR count). The summed E-state index contributed by atoms with van der Waals surface area (Å²) < 4.78 is 47.0. The van der Waals surface area contributed by atoms with E-state index in [1.54, 1.807) is 48.5 Å². The standard InChI is InChI=1S/C29H30FN3O6S/c30-22-8-4-5-9-26(22)39-27-13-21-15-32(18-29(21,36)28(27)35)16-25(34)23-12-20-10-11-33(24(20)14-31-23)40(37,38)17-19-6-2-1-3-7-19/h1-12,14,21,25,27-28,34-36H,13,15-18H2/t21-,25+,27+,28+,29-/m1/s1. The molecule has 0 unspecified atom stereocenters. The lowest BCUT2D eigenvalue weighted by Crippen LogP contribution is -2.49. The lowest BCUT2D eigenvalue weighted by Gasteiger charge is -2.29. The summed E-state index contributed by atoms with van der Waals surface area (Å²) in [5.74, 6) is -0.965. The summed E-state index contributed by atoms with van der Waals surface area (Å²) >= 11 is 0. The van der Waals surface area contributed by atoms with Crippen molar-refractivity contribution < 1.29 is 32.9 Å². The smallest absolute Gasteiger partial charge is 0.243 e. The molecule has 1 aliphatic heterocycles. The summed E-state index contributed by atoms with van der Waals surface area (Å²) in [5.41, 5.74) is 0.0192. The number of hydrogen-bond acceptors (Lipinski definition) is 8. The molecule has 0 radical (unpaired) electrons. The number of aliphatic hydroxyl groups excluding tert-OH is 2. The lowest BCUT2D eigenvalue weighted by molar-refractivity contribution is -0.0879. The summed E-state index contributed by atoms with van der Waals surface area (Å²) in [6.45, 7) is 0.692. The van der Waals surface area contributed by atoms with Crippen LogP contribution in [0.3, 0.4) is 0 Å². The van der Waals surface area contributed by atoms with Gasteiger partial charge in [0.1, 0.15) is 23.9 Å². The SMILES string of the molecule is O=S(=O)(Cc1ccccc1)n1ccc2cc([C@@H](O)CN3C[C@H]4C[C@H](Oc5ccccc5F)[C@H](O)[C@@]4(O)C3)ncc21. The first kappa shape index (κ1) is 26.9. The Hall–Kier alpha value is -3.35. The minimum atomic E-state index is -3.67. The number of β-amino-alcohol motifs (C(OH)–C–C–N with tert-alkyl or cyclic N) is 2. The molecule has 40 heavy (non-hydrogen) atoms. The van der Waals surface area contributed by atoms with E-state index < -0.39 is 39.8 Å². The van der Waals surface area contributed by atoms with Crippen LogP contribution >= 0.6 is 0 Å². The highest BCUT2D eigenvalue weighted by Gasteiger charge is 2.59. The van der Waals surface area contributed by atoms with Crippen molar-refractivity contribution in [3.05, 3.63) is 96.2 Å². The zero-order valence-corrected chi connectivity index (χ0v) is 22.4. The maximum absolute atomic E-state index is 14.0. The molecule has 0 spiro atoms. The molecule has 1 saturated heterocycles. The molecule has 5 atom stereocenters. The molecular weight excluding hydrogens is 537 g/mol. The summed E-state index contributed by atoms with van der Waals surface area (Å²) in [4.78, 5) is 6.20. The molecule has 2 fully saturated rings. The zero-order chi connectivity index (χ0) is 28.1. The molecule has 4 aromatic rings. The second kappa shape index (κ2) is 10.2. The topological polar surface area (TPSA) is 125 Å². The van der Waals surface area contributed by atoms with Gasteiger partial charge in [0.15, 0.2) is 11.6 Å². The average Bonchev–Trinajstić information content (AvgIpc) is 3.56. The molecular formula is C29H30FN3O6S. The average molecular weight is 568 g/mol. The van der Waals surface area contributed by atoms with Crippen molar-refractivity contribution >= 4 is 20.9 Å². The number of fused-ring (bicyclic) bond motifs is 2.